The Kier molecular flexibility index (Phi) is 5.82. The van der Waals surface area contributed by atoms with Crippen molar-refractivity contribution in [2.24, 2.45) is 0 Å². The Hall–Kier alpha value is -3.31. The number of anilines is 2. The Bertz CT molecular complexity index is 1190. The molecule has 2 fully saturated rings. The number of hydrogen-bond acceptors (Lipinski definition) is 7. The van der Waals surface area contributed by atoms with Gasteiger partial charge in [-0.15, -0.1) is 11.3 Å². The number of halogens is 1. The first kappa shape index (κ1) is 22.5. The second-order valence-corrected chi connectivity index (χ2v) is 9.84. The maximum absolute atomic E-state index is 12.7. The summed E-state index contributed by atoms with van der Waals surface area (Å²) in [4.78, 5) is 54.2. The molecule has 2 atom stereocenters. The molecular formula is C22H21ClN4O6S. The quantitative estimate of drug-likeness (QED) is 0.683. The number of benzene rings is 1. The van der Waals surface area contributed by atoms with Crippen molar-refractivity contribution in [3.63, 3.8) is 0 Å². The van der Waals surface area contributed by atoms with Crippen molar-refractivity contribution in [3.8, 4) is 5.75 Å². The van der Waals surface area contributed by atoms with Gasteiger partial charge in [-0.1, -0.05) is 11.6 Å². The molecular weight excluding hydrogens is 484 g/mol. The molecule has 0 spiro atoms. The van der Waals surface area contributed by atoms with Gasteiger partial charge in [0.25, 0.3) is 5.91 Å². The number of piperazine rings is 1. The summed E-state index contributed by atoms with van der Waals surface area (Å²) in [5, 5.41) is 2.78. The number of thiophene rings is 1. The van der Waals surface area contributed by atoms with Crippen LogP contribution in [0, 0.1) is 0 Å². The van der Waals surface area contributed by atoms with Gasteiger partial charge >= 0.3 is 6.09 Å². The number of carbonyl (C=O) groups is 4. The Morgan fingerprint density at radius 1 is 1.21 bits per heavy atom. The van der Waals surface area contributed by atoms with E-state index in [1.54, 1.807) is 35.2 Å². The summed E-state index contributed by atoms with van der Waals surface area (Å²) in [6.07, 6.45) is -1.10. The molecule has 3 aliphatic rings. The minimum atomic E-state index is -0.582. The van der Waals surface area contributed by atoms with E-state index in [0.29, 0.717) is 39.4 Å². The normalized spacial score (nSPS) is 21.5. The van der Waals surface area contributed by atoms with E-state index in [9.17, 15) is 19.2 Å². The van der Waals surface area contributed by atoms with Gasteiger partial charge in [-0.3, -0.25) is 19.3 Å². The fraction of sp³-hybridized carbons (Fsp3) is 0.364. The number of fused-ring (bicyclic) bond motifs is 3. The fourth-order valence-corrected chi connectivity index (χ4v) is 5.25. The van der Waals surface area contributed by atoms with E-state index in [-0.39, 0.29) is 37.4 Å². The molecule has 1 N–H and O–H groups in total. The van der Waals surface area contributed by atoms with E-state index < -0.39 is 18.2 Å². The smallest absolute Gasteiger partial charge is 0.415 e. The first-order chi connectivity index (χ1) is 16.3. The number of carbonyl (C=O) groups excluding carboxylic acids is 4. The topological polar surface area (TPSA) is 108 Å². The van der Waals surface area contributed by atoms with Crippen LogP contribution in [0.15, 0.2) is 30.3 Å². The molecule has 2 aromatic rings. The number of nitrogens with one attached hydrogen (secondary N) is 1. The maximum Gasteiger partial charge on any atom is 0.415 e. The van der Waals surface area contributed by atoms with Crippen LogP contribution in [0.5, 0.6) is 5.75 Å². The van der Waals surface area contributed by atoms with Crippen LogP contribution >= 0.6 is 22.9 Å². The Balaban J connectivity index is 1.28. The average molecular weight is 505 g/mol. The SMILES string of the molecule is CC(=O)N1CCN(c2ccc3c(c2)OC[C@H]2[C@H](CNC(=O)c4ccc(Cl)s4)OC(=O)N32)C(=O)C1. The molecule has 10 nitrogen and oxygen atoms in total. The van der Waals surface area contributed by atoms with Gasteiger partial charge in [-0.25, -0.2) is 4.79 Å². The minimum absolute atomic E-state index is 0.0267. The summed E-state index contributed by atoms with van der Waals surface area (Å²) < 4.78 is 12.0. The largest absolute Gasteiger partial charge is 0.489 e. The summed E-state index contributed by atoms with van der Waals surface area (Å²) in [5.41, 5.74) is 1.18. The molecule has 0 saturated carbocycles. The van der Waals surface area contributed by atoms with Crippen molar-refractivity contribution in [2.75, 3.05) is 42.6 Å². The van der Waals surface area contributed by atoms with E-state index in [1.165, 1.54) is 28.1 Å². The third kappa shape index (κ3) is 4.05. The van der Waals surface area contributed by atoms with Crippen LogP contribution < -0.4 is 19.9 Å². The van der Waals surface area contributed by atoms with Crippen molar-refractivity contribution < 1.29 is 28.7 Å². The van der Waals surface area contributed by atoms with E-state index in [4.69, 9.17) is 21.1 Å². The lowest BCUT2D eigenvalue weighted by molar-refractivity contribution is -0.135. The van der Waals surface area contributed by atoms with Crippen molar-refractivity contribution in [3.05, 3.63) is 39.5 Å². The van der Waals surface area contributed by atoms with Gasteiger partial charge in [0.1, 0.15) is 31.0 Å². The zero-order valence-corrected chi connectivity index (χ0v) is 19.7. The van der Waals surface area contributed by atoms with Gasteiger partial charge in [-0.05, 0) is 24.3 Å². The highest BCUT2D eigenvalue weighted by Gasteiger charge is 2.46. The van der Waals surface area contributed by atoms with E-state index in [1.807, 2.05) is 0 Å². The van der Waals surface area contributed by atoms with Crippen LogP contribution in [0.1, 0.15) is 16.6 Å². The van der Waals surface area contributed by atoms with E-state index >= 15 is 0 Å². The molecule has 1 aromatic heterocycles. The molecule has 0 bridgehead atoms. The van der Waals surface area contributed by atoms with Crippen LogP contribution in [-0.4, -0.2) is 73.6 Å². The summed E-state index contributed by atoms with van der Waals surface area (Å²) in [7, 11) is 0. The van der Waals surface area contributed by atoms with E-state index in [2.05, 4.69) is 5.32 Å². The number of hydrogen-bond donors (Lipinski definition) is 1. The summed E-state index contributed by atoms with van der Waals surface area (Å²) in [5.74, 6) is -0.142. The van der Waals surface area contributed by atoms with Crippen LogP contribution in [0.25, 0.3) is 0 Å². The molecule has 34 heavy (non-hydrogen) atoms. The fourth-order valence-electron chi connectivity index (χ4n) is 4.30. The molecule has 4 heterocycles. The van der Waals surface area contributed by atoms with Gasteiger partial charge in [-0.2, -0.15) is 0 Å². The van der Waals surface area contributed by atoms with Gasteiger partial charge in [0.15, 0.2) is 0 Å². The van der Waals surface area contributed by atoms with Crippen molar-refractivity contribution >= 4 is 58.1 Å². The molecule has 12 heteroatoms. The summed E-state index contributed by atoms with van der Waals surface area (Å²) >= 11 is 7.06. The van der Waals surface area contributed by atoms with Crippen LogP contribution in [0.2, 0.25) is 4.34 Å². The third-order valence-corrected chi connectivity index (χ3v) is 7.29. The summed E-state index contributed by atoms with van der Waals surface area (Å²) in [6.45, 7) is 2.61. The molecule has 178 valence electrons. The number of amides is 4. The van der Waals surface area contributed by atoms with Crippen LogP contribution in [-0.2, 0) is 14.3 Å². The zero-order chi connectivity index (χ0) is 24.0. The highest BCUT2D eigenvalue weighted by Crippen LogP contribution is 2.41. The molecule has 5 rings (SSSR count). The first-order valence-corrected chi connectivity index (χ1v) is 11.9. The molecule has 0 unspecified atom stereocenters. The molecule has 2 saturated heterocycles. The van der Waals surface area contributed by atoms with Crippen LogP contribution in [0.4, 0.5) is 16.2 Å². The predicted octanol–water partition coefficient (Wildman–Crippen LogP) is 2.11. The lowest BCUT2D eigenvalue weighted by Gasteiger charge is -2.35. The zero-order valence-electron chi connectivity index (χ0n) is 18.2. The lowest BCUT2D eigenvalue weighted by atomic mass is 10.1. The second kappa shape index (κ2) is 8.80. The van der Waals surface area contributed by atoms with E-state index in [0.717, 1.165) is 0 Å². The molecule has 4 amide bonds. The number of rotatable bonds is 4. The van der Waals surface area contributed by atoms with Crippen molar-refractivity contribution in [1.82, 2.24) is 10.2 Å². The number of nitrogens with zero attached hydrogens (tertiary/aromatic N) is 3. The lowest BCUT2D eigenvalue weighted by Crippen LogP contribution is -2.52. The van der Waals surface area contributed by atoms with Gasteiger partial charge in [0.05, 0.1) is 21.4 Å². The standard InChI is InChI=1S/C22H21ClN4O6S/c1-12(28)25-6-7-26(20(29)10-25)13-2-3-14-16(8-13)32-11-15-17(33-22(31)27(14)15)9-24-21(30)18-4-5-19(23)34-18/h2-5,8,15,17H,6-7,9-11H2,1H3,(H,24,30)/t15-,17-/m0/s1. The minimum Gasteiger partial charge on any atom is -0.489 e. The number of ether oxygens (including phenoxy) is 2. The Labute approximate surface area is 203 Å². The van der Waals surface area contributed by atoms with Crippen molar-refractivity contribution in [1.29, 1.82) is 0 Å². The van der Waals surface area contributed by atoms with Gasteiger partial charge < -0.3 is 24.6 Å². The monoisotopic (exact) mass is 504 g/mol. The first-order valence-electron chi connectivity index (χ1n) is 10.7. The molecule has 1 aromatic carbocycles. The highest BCUT2D eigenvalue weighted by molar-refractivity contribution is 7.18. The predicted molar refractivity (Wildman–Crippen MR) is 125 cm³/mol. The molecule has 3 aliphatic heterocycles. The Morgan fingerprint density at radius 3 is 2.74 bits per heavy atom. The molecule has 0 radical (unpaired) electrons. The third-order valence-electron chi connectivity index (χ3n) is 6.06. The van der Waals surface area contributed by atoms with Gasteiger partial charge in [0, 0.05) is 31.8 Å². The molecule has 0 aliphatic carbocycles. The maximum atomic E-state index is 12.7. The van der Waals surface area contributed by atoms with Gasteiger partial charge in [0.2, 0.25) is 11.8 Å². The van der Waals surface area contributed by atoms with Crippen molar-refractivity contribution in [2.45, 2.75) is 19.1 Å². The number of cyclic esters (lactones) is 1. The Morgan fingerprint density at radius 2 is 2.03 bits per heavy atom. The second-order valence-electron chi connectivity index (χ2n) is 8.12. The van der Waals surface area contributed by atoms with Crippen LogP contribution in [0.3, 0.4) is 0 Å². The highest BCUT2D eigenvalue weighted by atomic mass is 35.5. The average Bonchev–Trinajstić information content (AvgIpc) is 3.40. The summed E-state index contributed by atoms with van der Waals surface area (Å²) in [6, 6.07) is 8.06.